The van der Waals surface area contributed by atoms with Crippen LogP contribution in [0.15, 0.2) is 12.3 Å². The van der Waals surface area contributed by atoms with E-state index in [4.69, 9.17) is 10.2 Å². The number of hydrogen-bond donors (Lipinski definition) is 3. The van der Waals surface area contributed by atoms with Gasteiger partial charge in [0.1, 0.15) is 0 Å². The highest BCUT2D eigenvalue weighted by atomic mass is 19.2. The van der Waals surface area contributed by atoms with Crippen molar-refractivity contribution in [3.63, 3.8) is 0 Å². The molecule has 0 fully saturated rings. The Kier molecular flexibility index (Phi) is 4.27. The first-order chi connectivity index (χ1) is 8.34. The number of aliphatic carboxylic acids is 1. The van der Waals surface area contributed by atoms with Crippen LogP contribution >= 0.6 is 0 Å². The number of aliphatic hydroxyl groups is 1. The molecule has 1 aromatic rings. The molecule has 0 aliphatic carbocycles. The van der Waals surface area contributed by atoms with Crippen LogP contribution in [0.4, 0.5) is 8.78 Å². The highest BCUT2D eigenvalue weighted by Gasteiger charge is 2.27. The summed E-state index contributed by atoms with van der Waals surface area (Å²) in [6.45, 7) is 1.14. The molecule has 0 aromatic carbocycles. The number of nitrogens with zero attached hydrogens (tertiary/aromatic N) is 1. The average molecular weight is 260 g/mol. The zero-order valence-electron chi connectivity index (χ0n) is 9.22. The molecule has 0 saturated heterocycles. The molecule has 0 spiro atoms. The summed E-state index contributed by atoms with van der Waals surface area (Å²) in [4.78, 5) is 25.2. The molecule has 8 heteroatoms. The number of amides is 1. The van der Waals surface area contributed by atoms with Crippen LogP contribution in [0.25, 0.3) is 0 Å². The highest BCUT2D eigenvalue weighted by Crippen LogP contribution is 2.09. The third-order valence-corrected chi connectivity index (χ3v) is 2.13. The Bertz CT molecular complexity index is 479. The Balaban J connectivity index is 2.94. The SMILES string of the molecule is C[C@@H](O)[C@H](NC(=O)c1ccnc(F)c1F)C(=O)O. The monoisotopic (exact) mass is 260 g/mol. The summed E-state index contributed by atoms with van der Waals surface area (Å²) in [6.07, 6.45) is -0.521. The lowest BCUT2D eigenvalue weighted by atomic mass is 10.1. The third-order valence-electron chi connectivity index (χ3n) is 2.13. The van der Waals surface area contributed by atoms with Gasteiger partial charge in [-0.15, -0.1) is 0 Å². The minimum atomic E-state index is -1.62. The minimum absolute atomic E-state index is 0.686. The van der Waals surface area contributed by atoms with Gasteiger partial charge in [0.25, 0.3) is 5.91 Å². The van der Waals surface area contributed by atoms with E-state index < -0.39 is 41.4 Å². The standard InChI is InChI=1S/C10H10F2N2O4/c1-4(15)7(10(17)18)14-9(16)5-2-3-13-8(12)6(5)11/h2-4,7,15H,1H3,(H,14,16)(H,17,18)/t4-,7+/m1/s1. The van der Waals surface area contributed by atoms with Crippen LogP contribution in [0.3, 0.4) is 0 Å². The molecule has 3 N–H and O–H groups in total. The Hall–Kier alpha value is -2.09. The van der Waals surface area contributed by atoms with E-state index in [1.165, 1.54) is 0 Å². The first-order valence-corrected chi connectivity index (χ1v) is 4.86. The van der Waals surface area contributed by atoms with Crippen molar-refractivity contribution < 1.29 is 28.6 Å². The molecule has 0 aliphatic heterocycles. The number of pyridine rings is 1. The van der Waals surface area contributed by atoms with Gasteiger partial charge in [0.05, 0.1) is 11.7 Å². The van der Waals surface area contributed by atoms with Gasteiger partial charge in [0.15, 0.2) is 11.9 Å². The fourth-order valence-corrected chi connectivity index (χ4v) is 1.20. The quantitative estimate of drug-likeness (QED) is 0.658. The van der Waals surface area contributed by atoms with Gasteiger partial charge >= 0.3 is 5.97 Å². The maximum absolute atomic E-state index is 13.2. The van der Waals surface area contributed by atoms with Gasteiger partial charge in [-0.1, -0.05) is 0 Å². The summed E-state index contributed by atoms with van der Waals surface area (Å²) < 4.78 is 26.0. The van der Waals surface area contributed by atoms with Crippen molar-refractivity contribution in [1.82, 2.24) is 10.3 Å². The van der Waals surface area contributed by atoms with Gasteiger partial charge in [0, 0.05) is 6.20 Å². The molecule has 1 aromatic heterocycles. The fraction of sp³-hybridized carbons (Fsp3) is 0.300. The fourth-order valence-electron chi connectivity index (χ4n) is 1.20. The van der Waals surface area contributed by atoms with Crippen LogP contribution < -0.4 is 5.32 Å². The van der Waals surface area contributed by atoms with Crippen LogP contribution in [-0.4, -0.2) is 39.2 Å². The van der Waals surface area contributed by atoms with Crippen LogP contribution in [0.1, 0.15) is 17.3 Å². The number of carbonyl (C=O) groups is 2. The molecule has 1 rings (SSSR count). The Morgan fingerprint density at radius 1 is 1.44 bits per heavy atom. The number of rotatable bonds is 4. The molecule has 18 heavy (non-hydrogen) atoms. The lowest BCUT2D eigenvalue weighted by Crippen LogP contribution is -2.47. The van der Waals surface area contributed by atoms with Gasteiger partial charge in [-0.25, -0.2) is 14.2 Å². The van der Waals surface area contributed by atoms with Gasteiger partial charge in [0.2, 0.25) is 5.95 Å². The van der Waals surface area contributed by atoms with Gasteiger partial charge in [-0.2, -0.15) is 4.39 Å². The highest BCUT2D eigenvalue weighted by molar-refractivity contribution is 5.96. The predicted octanol–water partition coefficient (Wildman–Crippen LogP) is -0.0764. The maximum Gasteiger partial charge on any atom is 0.328 e. The third kappa shape index (κ3) is 2.98. The van der Waals surface area contributed by atoms with Gasteiger partial charge in [-0.05, 0) is 13.0 Å². The van der Waals surface area contributed by atoms with E-state index in [0.29, 0.717) is 0 Å². The lowest BCUT2D eigenvalue weighted by Gasteiger charge is -2.17. The van der Waals surface area contributed by atoms with E-state index >= 15 is 0 Å². The summed E-state index contributed by atoms with van der Waals surface area (Å²) in [6, 6.07) is -0.720. The number of aliphatic hydroxyl groups excluding tert-OH is 1. The van der Waals surface area contributed by atoms with Crippen molar-refractivity contribution in [2.45, 2.75) is 19.1 Å². The zero-order chi connectivity index (χ0) is 13.9. The number of carboxylic acid groups (broad SMARTS) is 1. The maximum atomic E-state index is 13.2. The number of carboxylic acids is 1. The van der Waals surface area contributed by atoms with E-state index in [1.54, 1.807) is 0 Å². The molecule has 0 saturated carbocycles. The van der Waals surface area contributed by atoms with Crippen LogP contribution in [-0.2, 0) is 4.79 Å². The molecule has 2 atom stereocenters. The average Bonchev–Trinajstić information content (AvgIpc) is 2.28. The number of aromatic nitrogens is 1. The second-order valence-corrected chi connectivity index (χ2v) is 3.49. The van der Waals surface area contributed by atoms with Crippen molar-refractivity contribution in [3.8, 4) is 0 Å². The summed E-state index contributed by atoms with van der Waals surface area (Å²) in [5.74, 6) is -5.59. The summed E-state index contributed by atoms with van der Waals surface area (Å²) in [5, 5.41) is 19.7. The molecule has 6 nitrogen and oxygen atoms in total. The predicted molar refractivity (Wildman–Crippen MR) is 54.7 cm³/mol. The van der Waals surface area contributed by atoms with Gasteiger partial charge < -0.3 is 15.5 Å². The molecule has 1 heterocycles. The van der Waals surface area contributed by atoms with E-state index in [2.05, 4.69) is 4.98 Å². The molecule has 1 amide bonds. The molecule has 0 bridgehead atoms. The molecule has 98 valence electrons. The number of nitrogens with one attached hydrogen (secondary N) is 1. The summed E-state index contributed by atoms with van der Waals surface area (Å²) in [7, 11) is 0. The molecule has 0 radical (unpaired) electrons. The lowest BCUT2D eigenvalue weighted by molar-refractivity contribution is -0.141. The van der Waals surface area contributed by atoms with Gasteiger partial charge in [-0.3, -0.25) is 4.79 Å². The molecule has 0 unspecified atom stereocenters. The smallest absolute Gasteiger partial charge is 0.328 e. The number of halogens is 2. The Labute approximate surface area is 100 Å². The van der Waals surface area contributed by atoms with Crippen molar-refractivity contribution in [3.05, 3.63) is 29.6 Å². The van der Waals surface area contributed by atoms with Crippen molar-refractivity contribution >= 4 is 11.9 Å². The second-order valence-electron chi connectivity index (χ2n) is 3.49. The van der Waals surface area contributed by atoms with E-state index in [1.807, 2.05) is 5.32 Å². The van der Waals surface area contributed by atoms with Crippen molar-refractivity contribution in [2.75, 3.05) is 0 Å². The van der Waals surface area contributed by atoms with Crippen LogP contribution in [0.2, 0.25) is 0 Å². The topological polar surface area (TPSA) is 99.5 Å². The Morgan fingerprint density at radius 2 is 2.06 bits per heavy atom. The first-order valence-electron chi connectivity index (χ1n) is 4.86. The number of hydrogen-bond acceptors (Lipinski definition) is 4. The normalized spacial score (nSPS) is 13.8. The van der Waals surface area contributed by atoms with E-state index in [9.17, 15) is 18.4 Å². The molecular formula is C10H10F2N2O4. The largest absolute Gasteiger partial charge is 0.480 e. The van der Waals surface area contributed by atoms with Crippen molar-refractivity contribution in [1.29, 1.82) is 0 Å². The minimum Gasteiger partial charge on any atom is -0.480 e. The molecule has 0 aliphatic rings. The van der Waals surface area contributed by atoms with Crippen LogP contribution in [0.5, 0.6) is 0 Å². The molecular weight excluding hydrogens is 250 g/mol. The first kappa shape index (κ1) is 14.0. The van der Waals surface area contributed by atoms with Crippen molar-refractivity contribution in [2.24, 2.45) is 0 Å². The second kappa shape index (κ2) is 5.50. The van der Waals surface area contributed by atoms with E-state index in [0.717, 1.165) is 19.2 Å². The summed E-state index contributed by atoms with van der Waals surface area (Å²) >= 11 is 0. The number of carbonyl (C=O) groups excluding carboxylic acids is 1. The zero-order valence-corrected chi connectivity index (χ0v) is 9.22. The Morgan fingerprint density at radius 3 is 2.56 bits per heavy atom. The summed E-state index contributed by atoms with van der Waals surface area (Å²) in [5.41, 5.74) is -0.686. The van der Waals surface area contributed by atoms with E-state index in [-0.39, 0.29) is 0 Å². The van der Waals surface area contributed by atoms with Crippen LogP contribution in [0, 0.1) is 11.8 Å².